The Bertz CT molecular complexity index is 8800. The molecular weight excluding hydrogens is 1540 g/mol. The predicted molar refractivity (Wildman–Crippen MR) is 535 cm³/mol. The molecule has 0 aliphatic carbocycles. The van der Waals surface area contributed by atoms with Gasteiger partial charge in [-0.05, 0) is 245 Å². The van der Waals surface area contributed by atoms with Gasteiger partial charge in [0.1, 0.15) is 0 Å². The third-order valence-corrected chi connectivity index (χ3v) is 28.2. The fourth-order valence-electron chi connectivity index (χ4n) is 20.0. The van der Waals surface area contributed by atoms with E-state index in [1.54, 1.807) is 0 Å². The molecule has 6 nitrogen and oxygen atoms in total. The number of aryl methyl sites for hydroxylation is 8. The van der Waals surface area contributed by atoms with Crippen LogP contribution in [0.3, 0.4) is 0 Å². The molecule has 26 rings (SSSR count). The summed E-state index contributed by atoms with van der Waals surface area (Å²) < 4.78 is 20.1. The Morgan fingerprint density at radius 3 is 1.02 bits per heavy atom. The summed E-state index contributed by atoms with van der Waals surface area (Å²) >= 11 is 3.84. The quantitative estimate of drug-likeness (QED) is 0.159. The number of hydrogen-bond acceptors (Lipinski definition) is 2. The van der Waals surface area contributed by atoms with Crippen LogP contribution in [0, 0.1) is 55.4 Å². The highest BCUT2D eigenvalue weighted by molar-refractivity contribution is 7.27. The second kappa shape index (κ2) is 29.5. The van der Waals surface area contributed by atoms with E-state index >= 15 is 0 Å². The largest absolute Gasteiger partial charge is 0.309 e. The molecule has 0 saturated heterocycles. The van der Waals surface area contributed by atoms with Gasteiger partial charge in [-0.15, -0.1) is 22.7 Å². The second-order valence-corrected chi connectivity index (χ2v) is 35.7. The Kier molecular flexibility index (Phi) is 17.7. The van der Waals surface area contributed by atoms with Crippen LogP contribution in [-0.4, -0.2) is 27.4 Å². The summed E-state index contributed by atoms with van der Waals surface area (Å²) in [4.78, 5) is 0. The van der Waals surface area contributed by atoms with Gasteiger partial charge >= 0.3 is 0 Å². The lowest BCUT2D eigenvalue weighted by atomic mass is 10.0. The summed E-state index contributed by atoms with van der Waals surface area (Å²) in [6.45, 7) is 17.4. The molecule has 592 valence electrons. The standard InChI is InChI=1S/2C32H24N2.2C26H19NS/c1-21-13-15-25-26-17-18-28-31(32(26)34(29(25)19-21)24-11-7-4-8-12-24)27-16-14-22(2)20-30(27)33(28)23-9-5-3-6-10-23;1-21-9-8-12-24(17-21)34-29-14-7-6-13-25(29)27-19-28-26-16-15-22(2)18-30(26)33(31(28)20-32(27)34)23-10-4-3-5-11-23;1-16-11-12-19-22(15-16)27(18-8-4-3-5-9-18)21-13-14-23-25(24(19)21)20-10-6-7-17(2)26(20)28-23;1-16-11-12-21-23(15-16)27(18-8-4-3-5-9-18)22-14-13-20-19-10-6-7-17(2)25(19)28-26(20)24(21)22/h2*3-20H,1-2H3;2*3-15H,1-2H3. The molecule has 0 aliphatic rings. The number of benzene rings is 18. The van der Waals surface area contributed by atoms with Crippen LogP contribution in [0.4, 0.5) is 0 Å². The predicted octanol–water partition coefficient (Wildman–Crippen LogP) is 32.5. The monoisotopic (exact) mass is 1630 g/mol. The zero-order valence-corrected chi connectivity index (χ0v) is 71.9. The number of rotatable bonds is 6. The van der Waals surface area contributed by atoms with Crippen LogP contribution in [0.25, 0.3) is 205 Å². The Labute approximate surface area is 726 Å². The summed E-state index contributed by atoms with van der Waals surface area (Å²) in [5.41, 5.74) is 32.6. The van der Waals surface area contributed by atoms with E-state index in [1.165, 1.54) is 250 Å². The van der Waals surface area contributed by atoms with Gasteiger partial charge in [-0.1, -0.05) is 231 Å². The molecule has 0 amide bonds. The van der Waals surface area contributed by atoms with Crippen LogP contribution in [-0.2, 0) is 0 Å². The Morgan fingerprint density at radius 1 is 0.161 bits per heavy atom. The number of thiophene rings is 2. The maximum Gasteiger partial charge on any atom is 0.0641 e. The second-order valence-electron chi connectivity index (χ2n) is 33.7. The number of hydrogen-bond donors (Lipinski definition) is 0. The topological polar surface area (TPSA) is 29.6 Å². The van der Waals surface area contributed by atoms with Crippen LogP contribution >= 0.6 is 22.7 Å². The van der Waals surface area contributed by atoms with Gasteiger partial charge in [0.2, 0.25) is 0 Å². The number of aromatic nitrogens is 6. The lowest BCUT2D eigenvalue weighted by Crippen LogP contribution is -1.96. The average Bonchev–Trinajstić information content (AvgIpc) is 1.57. The fraction of sp³-hybridized carbons (Fsp3) is 0.0690. The number of nitrogens with zero attached hydrogens (tertiary/aromatic N) is 6. The SMILES string of the molecule is Cc1ccc2c3c(ccc4c5ccc(C)cc5n(-c5ccccc5)c43)n(-c3ccccc3)c2c1.Cc1ccc2c3c4c(ccc3n(-c3ccccc3)c2c1)sc1c(C)cccc14.Cc1ccc2c3c4sc5c(C)cccc5c4ccc3n(-c3ccccc3)c2c1.Cc1cccc(-n2c3ccccc3c3cc4c5ccc(C)cc5n(-c5ccccc5)c4cc32)c1. The summed E-state index contributed by atoms with van der Waals surface area (Å²) in [6.07, 6.45) is 0. The molecular formula is C116H86N6S2. The molecule has 0 radical (unpaired) electrons. The van der Waals surface area contributed by atoms with E-state index < -0.39 is 0 Å². The van der Waals surface area contributed by atoms with E-state index in [0.717, 1.165) is 0 Å². The molecule has 0 bridgehead atoms. The lowest BCUT2D eigenvalue weighted by molar-refractivity contribution is 1.16. The van der Waals surface area contributed by atoms with Crippen molar-refractivity contribution in [1.29, 1.82) is 0 Å². The van der Waals surface area contributed by atoms with E-state index in [9.17, 15) is 0 Å². The van der Waals surface area contributed by atoms with Crippen LogP contribution in [0.15, 0.2) is 376 Å². The molecule has 8 aromatic heterocycles. The van der Waals surface area contributed by atoms with E-state index in [1.807, 2.05) is 22.7 Å². The highest BCUT2D eigenvalue weighted by Crippen LogP contribution is 2.49. The van der Waals surface area contributed by atoms with Gasteiger partial charge in [0, 0.05) is 139 Å². The van der Waals surface area contributed by atoms with E-state index in [0.29, 0.717) is 0 Å². The first-order valence-electron chi connectivity index (χ1n) is 42.9. The highest BCUT2D eigenvalue weighted by Gasteiger charge is 2.26. The molecule has 0 aliphatic heterocycles. The molecule has 8 heteroatoms. The maximum absolute atomic E-state index is 2.45. The minimum Gasteiger partial charge on any atom is -0.309 e. The van der Waals surface area contributed by atoms with Crippen molar-refractivity contribution in [3.05, 3.63) is 421 Å². The summed E-state index contributed by atoms with van der Waals surface area (Å²) in [5, 5.41) is 21.2. The minimum absolute atomic E-state index is 1.19. The molecule has 26 aromatic rings. The normalized spacial score (nSPS) is 11.9. The van der Waals surface area contributed by atoms with Crippen molar-refractivity contribution in [3.63, 3.8) is 0 Å². The van der Waals surface area contributed by atoms with E-state index in [4.69, 9.17) is 0 Å². The summed E-state index contributed by atoms with van der Waals surface area (Å²) in [7, 11) is 0. The van der Waals surface area contributed by atoms with Crippen molar-refractivity contribution in [2.75, 3.05) is 0 Å². The highest BCUT2D eigenvalue weighted by atomic mass is 32.1. The van der Waals surface area contributed by atoms with Crippen LogP contribution in [0.1, 0.15) is 44.5 Å². The average molecular weight is 1630 g/mol. The van der Waals surface area contributed by atoms with Gasteiger partial charge < -0.3 is 27.4 Å². The van der Waals surface area contributed by atoms with Gasteiger partial charge in [-0.3, -0.25) is 0 Å². The van der Waals surface area contributed by atoms with Crippen molar-refractivity contribution in [2.24, 2.45) is 0 Å². The van der Waals surface area contributed by atoms with Crippen LogP contribution < -0.4 is 0 Å². The summed E-state index contributed by atoms with van der Waals surface area (Å²) in [6, 6.07) is 137. The van der Waals surface area contributed by atoms with Gasteiger partial charge in [-0.25, -0.2) is 0 Å². The first-order valence-corrected chi connectivity index (χ1v) is 44.5. The molecule has 0 N–H and O–H groups in total. The van der Waals surface area contributed by atoms with Crippen molar-refractivity contribution < 1.29 is 0 Å². The lowest BCUT2D eigenvalue weighted by Gasteiger charge is -2.10. The van der Waals surface area contributed by atoms with Crippen molar-refractivity contribution in [1.82, 2.24) is 27.4 Å². The number of fused-ring (bicyclic) bond motifs is 27. The molecule has 124 heavy (non-hydrogen) atoms. The van der Waals surface area contributed by atoms with Crippen LogP contribution in [0.5, 0.6) is 0 Å². The first kappa shape index (κ1) is 74.3. The smallest absolute Gasteiger partial charge is 0.0641 e. The third kappa shape index (κ3) is 11.9. The molecule has 0 atom stereocenters. The third-order valence-electron chi connectivity index (χ3n) is 25.5. The molecule has 0 unspecified atom stereocenters. The molecule has 18 aromatic carbocycles. The van der Waals surface area contributed by atoms with Gasteiger partial charge in [0.15, 0.2) is 0 Å². The fourth-order valence-corrected chi connectivity index (χ4v) is 22.5. The molecule has 0 fully saturated rings. The Morgan fingerprint density at radius 2 is 0.492 bits per heavy atom. The zero-order chi connectivity index (χ0) is 83.3. The van der Waals surface area contributed by atoms with Gasteiger partial charge in [-0.2, -0.15) is 0 Å². The van der Waals surface area contributed by atoms with Gasteiger partial charge in [0.25, 0.3) is 0 Å². The molecule has 0 saturated carbocycles. The van der Waals surface area contributed by atoms with Crippen molar-refractivity contribution in [3.8, 4) is 34.1 Å². The van der Waals surface area contributed by atoms with Crippen LogP contribution in [0.2, 0.25) is 0 Å². The van der Waals surface area contributed by atoms with Gasteiger partial charge in [0.05, 0.1) is 66.2 Å². The molecule has 8 heterocycles. The van der Waals surface area contributed by atoms with E-state index in [-0.39, 0.29) is 0 Å². The number of para-hydroxylation sites is 6. The minimum atomic E-state index is 1.19. The maximum atomic E-state index is 2.45. The van der Waals surface area contributed by atoms with Crippen molar-refractivity contribution >= 4 is 194 Å². The van der Waals surface area contributed by atoms with E-state index in [2.05, 4.69) is 459 Å². The Hall–Kier alpha value is -14.8. The molecule has 0 spiro atoms. The summed E-state index contributed by atoms with van der Waals surface area (Å²) in [5.74, 6) is 0. The first-order chi connectivity index (χ1) is 60.8. The zero-order valence-electron chi connectivity index (χ0n) is 70.3. The Balaban J connectivity index is 0.0000000959. The van der Waals surface area contributed by atoms with Crippen molar-refractivity contribution in [2.45, 2.75) is 55.4 Å².